The van der Waals surface area contributed by atoms with Crippen LogP contribution in [0.1, 0.15) is 32.3 Å². The summed E-state index contributed by atoms with van der Waals surface area (Å²) in [7, 11) is 0. The summed E-state index contributed by atoms with van der Waals surface area (Å²) in [5, 5.41) is 18.8. The third-order valence-electron chi connectivity index (χ3n) is 7.05. The summed E-state index contributed by atoms with van der Waals surface area (Å²) in [4.78, 5) is 51.4. The summed E-state index contributed by atoms with van der Waals surface area (Å²) < 4.78 is 0. The van der Waals surface area contributed by atoms with Crippen LogP contribution in [-0.2, 0) is 9.59 Å². The second-order valence-electron chi connectivity index (χ2n) is 10.4. The van der Waals surface area contributed by atoms with E-state index in [0.29, 0.717) is 21.8 Å². The van der Waals surface area contributed by atoms with Crippen LogP contribution in [0.5, 0.6) is 0 Å². The Bertz CT molecular complexity index is 1930. The summed E-state index contributed by atoms with van der Waals surface area (Å²) in [6.07, 6.45) is 1.64. The molecule has 47 heavy (non-hydrogen) atoms. The average Bonchev–Trinajstić information content (AvgIpc) is 3.09. The zero-order valence-corrected chi connectivity index (χ0v) is 26.1. The van der Waals surface area contributed by atoms with Crippen molar-refractivity contribution in [3.8, 4) is 0 Å². The summed E-state index contributed by atoms with van der Waals surface area (Å²) in [6, 6.07) is 38.1. The van der Waals surface area contributed by atoms with Crippen molar-refractivity contribution < 1.29 is 19.3 Å². The van der Waals surface area contributed by atoms with E-state index in [1.807, 2.05) is 67.6 Å². The Kier molecular flexibility index (Phi) is 10.6. The van der Waals surface area contributed by atoms with Gasteiger partial charge in [0.1, 0.15) is 10.9 Å². The van der Waals surface area contributed by atoms with Gasteiger partial charge in [0, 0.05) is 34.0 Å². The Morgan fingerprint density at radius 3 is 2.09 bits per heavy atom. The number of thioether (sulfide) groups is 1. The molecule has 234 valence electrons. The molecule has 0 aromatic heterocycles. The zero-order valence-electron chi connectivity index (χ0n) is 25.3. The van der Waals surface area contributed by atoms with E-state index in [0.717, 1.165) is 16.7 Å². The minimum atomic E-state index is -0.681. The molecule has 3 amide bonds. The Morgan fingerprint density at radius 1 is 0.745 bits per heavy atom. The second-order valence-corrected chi connectivity index (χ2v) is 11.6. The molecule has 1 unspecified atom stereocenters. The zero-order chi connectivity index (χ0) is 33.2. The number of benzene rings is 5. The van der Waals surface area contributed by atoms with Gasteiger partial charge < -0.3 is 16.0 Å². The van der Waals surface area contributed by atoms with Gasteiger partial charge in [0.25, 0.3) is 17.5 Å². The van der Waals surface area contributed by atoms with Gasteiger partial charge in [-0.25, -0.2) is 0 Å². The summed E-state index contributed by atoms with van der Waals surface area (Å²) in [6.45, 7) is 1.92. The molecule has 0 aliphatic heterocycles. The topological polar surface area (TPSA) is 130 Å². The number of nitrogens with zero attached hydrogens (tertiary/aromatic N) is 1. The highest BCUT2D eigenvalue weighted by atomic mass is 32.2. The second kappa shape index (κ2) is 15.3. The summed E-state index contributed by atoms with van der Waals surface area (Å²) in [5.41, 5.74) is 3.75. The smallest absolute Gasteiger partial charge is 0.272 e. The number of non-ortho nitro benzene ring substituents is 1. The Hall–Kier alpha value is -6.00. The predicted molar refractivity (Wildman–Crippen MR) is 185 cm³/mol. The number of nitro benzene ring substituents is 1. The molecule has 3 N–H and O–H groups in total. The van der Waals surface area contributed by atoms with Crippen LogP contribution in [0.2, 0.25) is 0 Å². The van der Waals surface area contributed by atoms with Crippen LogP contribution in [0, 0.1) is 17.0 Å². The Morgan fingerprint density at radius 2 is 1.40 bits per heavy atom. The number of carbonyl (C=O) groups is 3. The molecule has 0 radical (unpaired) electrons. The molecule has 5 rings (SSSR count). The number of nitro groups is 1. The number of anilines is 2. The molecule has 5 aromatic carbocycles. The molecule has 0 heterocycles. The fourth-order valence-corrected chi connectivity index (χ4v) is 5.69. The van der Waals surface area contributed by atoms with Crippen LogP contribution in [0.25, 0.3) is 6.08 Å². The number of carbonyl (C=O) groups excluding carboxylic acids is 3. The average molecular weight is 643 g/mol. The van der Waals surface area contributed by atoms with Crippen molar-refractivity contribution in [1.29, 1.82) is 0 Å². The van der Waals surface area contributed by atoms with E-state index >= 15 is 0 Å². The standard InChI is InChI=1S/C37H30N4O5S/c1-25-11-8-9-16-28(25)23-33(40-35(42)27-14-6-3-7-15-27)36(43)39-30-17-10-18-32(24-30)47-34(26-12-4-2-5-13-26)37(44)38-29-19-21-31(22-20-29)41(45)46/h2-24,34H,1H3,(H,38,44)(H,39,43)(H,40,42)/b33-23-. The number of aryl methyl sites for hydroxylation is 1. The molecule has 1 atom stereocenters. The van der Waals surface area contributed by atoms with Crippen LogP contribution in [0.3, 0.4) is 0 Å². The molecule has 0 saturated carbocycles. The first-order chi connectivity index (χ1) is 22.8. The van der Waals surface area contributed by atoms with Gasteiger partial charge in [-0.2, -0.15) is 0 Å². The van der Waals surface area contributed by atoms with Gasteiger partial charge in [-0.05, 0) is 72.2 Å². The summed E-state index contributed by atoms with van der Waals surface area (Å²) >= 11 is 1.28. The molecular weight excluding hydrogens is 612 g/mol. The monoisotopic (exact) mass is 642 g/mol. The number of amides is 3. The van der Waals surface area contributed by atoms with Crippen molar-refractivity contribution in [2.24, 2.45) is 0 Å². The minimum Gasteiger partial charge on any atom is -0.325 e. The van der Waals surface area contributed by atoms with E-state index in [1.54, 1.807) is 54.6 Å². The molecule has 10 heteroatoms. The Labute approximate surface area is 275 Å². The molecule has 0 bridgehead atoms. The van der Waals surface area contributed by atoms with Gasteiger partial charge in [-0.1, -0.05) is 78.9 Å². The van der Waals surface area contributed by atoms with Crippen LogP contribution in [0.15, 0.2) is 144 Å². The van der Waals surface area contributed by atoms with Gasteiger partial charge in [0.15, 0.2) is 0 Å². The maximum Gasteiger partial charge on any atom is 0.272 e. The van der Waals surface area contributed by atoms with Crippen LogP contribution >= 0.6 is 11.8 Å². The maximum absolute atomic E-state index is 13.6. The minimum absolute atomic E-state index is 0.0656. The molecule has 0 saturated heterocycles. The van der Waals surface area contributed by atoms with Gasteiger partial charge in [0.05, 0.1) is 4.92 Å². The van der Waals surface area contributed by atoms with Gasteiger partial charge in [0.2, 0.25) is 5.91 Å². The van der Waals surface area contributed by atoms with Crippen molar-refractivity contribution in [2.45, 2.75) is 17.1 Å². The fraction of sp³-hybridized carbons (Fsp3) is 0.0541. The highest BCUT2D eigenvalue weighted by Crippen LogP contribution is 2.37. The van der Waals surface area contributed by atoms with Crippen molar-refractivity contribution in [3.05, 3.63) is 172 Å². The number of nitrogens with one attached hydrogen (secondary N) is 3. The van der Waals surface area contributed by atoms with Crippen LogP contribution in [0.4, 0.5) is 17.1 Å². The van der Waals surface area contributed by atoms with E-state index in [-0.39, 0.29) is 17.3 Å². The predicted octanol–water partition coefficient (Wildman–Crippen LogP) is 7.78. The summed E-state index contributed by atoms with van der Waals surface area (Å²) in [5.74, 6) is -1.26. The highest BCUT2D eigenvalue weighted by Gasteiger charge is 2.23. The number of hydrogen-bond acceptors (Lipinski definition) is 6. The number of rotatable bonds is 11. The lowest BCUT2D eigenvalue weighted by molar-refractivity contribution is -0.384. The molecular formula is C37H30N4O5S. The maximum atomic E-state index is 13.6. The first-order valence-electron chi connectivity index (χ1n) is 14.6. The van der Waals surface area contributed by atoms with Crippen molar-refractivity contribution in [1.82, 2.24) is 5.32 Å². The third kappa shape index (κ3) is 8.80. The number of hydrogen-bond donors (Lipinski definition) is 3. The SMILES string of the molecule is Cc1ccccc1/C=C(\NC(=O)c1ccccc1)C(=O)Nc1cccc(SC(C(=O)Nc2ccc([N+](=O)[O-])cc2)c2ccccc2)c1. The first kappa shape index (κ1) is 32.4. The van der Waals surface area contributed by atoms with Gasteiger partial charge in [-0.15, -0.1) is 11.8 Å². The normalized spacial score (nSPS) is 11.6. The molecule has 0 fully saturated rings. The van der Waals surface area contributed by atoms with Gasteiger partial charge in [-0.3, -0.25) is 24.5 Å². The Balaban J connectivity index is 1.37. The van der Waals surface area contributed by atoms with Crippen LogP contribution in [-0.4, -0.2) is 22.6 Å². The van der Waals surface area contributed by atoms with E-state index in [2.05, 4.69) is 16.0 Å². The highest BCUT2D eigenvalue weighted by molar-refractivity contribution is 8.00. The molecule has 0 aliphatic rings. The fourth-order valence-electron chi connectivity index (χ4n) is 4.60. The molecule has 9 nitrogen and oxygen atoms in total. The van der Waals surface area contributed by atoms with E-state index in [4.69, 9.17) is 0 Å². The lowest BCUT2D eigenvalue weighted by atomic mass is 10.1. The van der Waals surface area contributed by atoms with Crippen molar-refractivity contribution >= 4 is 52.6 Å². The molecule has 0 aliphatic carbocycles. The van der Waals surface area contributed by atoms with Crippen molar-refractivity contribution in [3.63, 3.8) is 0 Å². The third-order valence-corrected chi connectivity index (χ3v) is 8.30. The molecule has 5 aromatic rings. The van der Waals surface area contributed by atoms with Gasteiger partial charge >= 0.3 is 0 Å². The van der Waals surface area contributed by atoms with Crippen molar-refractivity contribution in [2.75, 3.05) is 10.6 Å². The lowest BCUT2D eigenvalue weighted by Crippen LogP contribution is -2.30. The van der Waals surface area contributed by atoms with E-state index in [9.17, 15) is 24.5 Å². The van der Waals surface area contributed by atoms with Crippen LogP contribution < -0.4 is 16.0 Å². The lowest BCUT2D eigenvalue weighted by Gasteiger charge is -2.18. The largest absolute Gasteiger partial charge is 0.325 e. The first-order valence-corrected chi connectivity index (χ1v) is 15.5. The van der Waals surface area contributed by atoms with E-state index in [1.165, 1.54) is 36.0 Å². The molecule has 0 spiro atoms. The van der Waals surface area contributed by atoms with E-state index < -0.39 is 22.0 Å². The quantitative estimate of drug-likeness (QED) is 0.0584.